The highest BCUT2D eigenvalue weighted by Gasteiger charge is 2.19. The first kappa shape index (κ1) is 16.4. The smallest absolute Gasteiger partial charge is 0.123 e. The number of pyridine rings is 1. The quantitative estimate of drug-likeness (QED) is 0.683. The monoisotopic (exact) mass is 353 g/mol. The van der Waals surface area contributed by atoms with E-state index in [2.05, 4.69) is 56.2 Å². The second kappa shape index (κ2) is 7.47. The molecular formula is C19H23N5S. The van der Waals surface area contributed by atoms with Gasteiger partial charge in [-0.1, -0.05) is 12.1 Å². The van der Waals surface area contributed by atoms with E-state index in [9.17, 15) is 0 Å². The number of fused-ring (bicyclic) bond motifs is 1. The van der Waals surface area contributed by atoms with Crippen LogP contribution in [0.25, 0.3) is 0 Å². The van der Waals surface area contributed by atoms with E-state index in [0.29, 0.717) is 0 Å². The van der Waals surface area contributed by atoms with Gasteiger partial charge in [0.05, 0.1) is 12.2 Å². The van der Waals surface area contributed by atoms with Gasteiger partial charge in [0.25, 0.3) is 0 Å². The normalized spacial score (nSPS) is 14.8. The molecule has 5 nitrogen and oxygen atoms in total. The van der Waals surface area contributed by atoms with Crippen LogP contribution in [0.2, 0.25) is 0 Å². The minimum Gasteiger partial charge on any atom is -0.332 e. The van der Waals surface area contributed by atoms with Gasteiger partial charge in [0.2, 0.25) is 0 Å². The Morgan fingerprint density at radius 3 is 2.96 bits per heavy atom. The average molecular weight is 353 g/mol. The highest BCUT2D eigenvalue weighted by Crippen LogP contribution is 2.18. The molecule has 0 N–H and O–H groups in total. The van der Waals surface area contributed by atoms with Crippen LogP contribution in [0.15, 0.2) is 48.2 Å². The molecule has 130 valence electrons. The molecule has 0 saturated heterocycles. The van der Waals surface area contributed by atoms with E-state index in [0.717, 1.165) is 45.0 Å². The number of rotatable bonds is 6. The van der Waals surface area contributed by atoms with Crippen molar-refractivity contribution in [2.24, 2.45) is 0 Å². The summed E-state index contributed by atoms with van der Waals surface area (Å²) in [4.78, 5) is 15.3. The molecule has 0 radical (unpaired) electrons. The van der Waals surface area contributed by atoms with Crippen LogP contribution >= 0.6 is 11.3 Å². The van der Waals surface area contributed by atoms with Crippen LogP contribution in [0.5, 0.6) is 0 Å². The molecular weight excluding hydrogens is 330 g/mol. The van der Waals surface area contributed by atoms with E-state index in [1.807, 2.05) is 29.8 Å². The molecule has 0 amide bonds. The zero-order valence-electron chi connectivity index (χ0n) is 14.5. The van der Waals surface area contributed by atoms with Crippen molar-refractivity contribution in [2.45, 2.75) is 32.7 Å². The van der Waals surface area contributed by atoms with Gasteiger partial charge in [-0.25, -0.2) is 4.98 Å². The van der Waals surface area contributed by atoms with E-state index in [4.69, 9.17) is 4.98 Å². The Labute approximate surface area is 152 Å². The lowest BCUT2D eigenvalue weighted by atomic mass is 10.2. The molecule has 0 spiro atoms. The first-order chi connectivity index (χ1) is 12.3. The summed E-state index contributed by atoms with van der Waals surface area (Å²) >= 11 is 1.83. The fourth-order valence-electron chi connectivity index (χ4n) is 3.33. The SMILES string of the molecule is CN(Cc1cccnc1)Cc1cn2c(n1)CN(Cc1cccs1)CC2. The lowest BCUT2D eigenvalue weighted by molar-refractivity contribution is 0.210. The molecule has 1 aliphatic heterocycles. The molecule has 0 unspecified atom stereocenters. The zero-order valence-corrected chi connectivity index (χ0v) is 15.3. The van der Waals surface area contributed by atoms with Crippen LogP contribution in [0.4, 0.5) is 0 Å². The Kier molecular flexibility index (Phi) is 4.92. The van der Waals surface area contributed by atoms with Crippen LogP contribution in [-0.4, -0.2) is 37.9 Å². The van der Waals surface area contributed by atoms with E-state index in [-0.39, 0.29) is 0 Å². The van der Waals surface area contributed by atoms with Crippen molar-refractivity contribution in [3.05, 3.63) is 70.2 Å². The molecule has 0 atom stereocenters. The summed E-state index contributed by atoms with van der Waals surface area (Å²) in [6.45, 7) is 5.83. The van der Waals surface area contributed by atoms with Crippen molar-refractivity contribution in [1.29, 1.82) is 0 Å². The molecule has 3 aromatic rings. The predicted octanol–water partition coefficient (Wildman–Crippen LogP) is 2.99. The molecule has 0 saturated carbocycles. The van der Waals surface area contributed by atoms with Gasteiger partial charge in [0.15, 0.2) is 0 Å². The van der Waals surface area contributed by atoms with Crippen LogP contribution in [0.3, 0.4) is 0 Å². The number of nitrogens with zero attached hydrogens (tertiary/aromatic N) is 5. The Balaban J connectivity index is 1.36. The topological polar surface area (TPSA) is 37.2 Å². The first-order valence-corrected chi connectivity index (χ1v) is 9.51. The highest BCUT2D eigenvalue weighted by atomic mass is 32.1. The lowest BCUT2D eigenvalue weighted by Crippen LogP contribution is -2.32. The summed E-state index contributed by atoms with van der Waals surface area (Å²) in [5.41, 5.74) is 2.38. The fraction of sp³-hybridized carbons (Fsp3) is 0.368. The second-order valence-electron chi connectivity index (χ2n) is 6.67. The van der Waals surface area contributed by atoms with Gasteiger partial charge in [0, 0.05) is 56.2 Å². The van der Waals surface area contributed by atoms with Crippen molar-refractivity contribution in [1.82, 2.24) is 24.3 Å². The molecule has 4 rings (SSSR count). The summed E-state index contributed by atoms with van der Waals surface area (Å²) in [5.74, 6) is 1.19. The van der Waals surface area contributed by atoms with E-state index >= 15 is 0 Å². The average Bonchev–Trinajstić information content (AvgIpc) is 3.24. The molecule has 4 heterocycles. The summed E-state index contributed by atoms with van der Waals surface area (Å²) in [6, 6.07) is 8.44. The minimum atomic E-state index is 0.861. The maximum absolute atomic E-state index is 4.88. The van der Waals surface area contributed by atoms with Crippen molar-refractivity contribution in [3.63, 3.8) is 0 Å². The van der Waals surface area contributed by atoms with Crippen molar-refractivity contribution >= 4 is 11.3 Å². The van der Waals surface area contributed by atoms with Crippen molar-refractivity contribution in [2.75, 3.05) is 13.6 Å². The Morgan fingerprint density at radius 1 is 1.20 bits per heavy atom. The maximum Gasteiger partial charge on any atom is 0.123 e. The van der Waals surface area contributed by atoms with Crippen LogP contribution < -0.4 is 0 Å². The van der Waals surface area contributed by atoms with Gasteiger partial charge in [-0.2, -0.15) is 0 Å². The number of aromatic nitrogens is 3. The maximum atomic E-state index is 4.88. The summed E-state index contributed by atoms with van der Waals surface area (Å²) < 4.78 is 2.32. The fourth-order valence-corrected chi connectivity index (χ4v) is 4.08. The molecule has 1 aliphatic rings. The third kappa shape index (κ3) is 4.15. The van der Waals surface area contributed by atoms with Gasteiger partial charge in [-0.15, -0.1) is 11.3 Å². The molecule has 0 aromatic carbocycles. The predicted molar refractivity (Wildman–Crippen MR) is 100 cm³/mol. The molecule has 0 aliphatic carbocycles. The van der Waals surface area contributed by atoms with Crippen LogP contribution in [0.1, 0.15) is 22.0 Å². The van der Waals surface area contributed by atoms with Gasteiger partial charge < -0.3 is 4.57 Å². The number of thiophene rings is 1. The summed E-state index contributed by atoms with van der Waals surface area (Å²) in [7, 11) is 2.13. The number of hydrogen-bond donors (Lipinski definition) is 0. The molecule has 25 heavy (non-hydrogen) atoms. The Bertz CT molecular complexity index is 797. The number of hydrogen-bond acceptors (Lipinski definition) is 5. The summed E-state index contributed by atoms with van der Waals surface area (Å²) in [5, 5.41) is 2.15. The lowest BCUT2D eigenvalue weighted by Gasteiger charge is -2.26. The third-order valence-electron chi connectivity index (χ3n) is 4.50. The van der Waals surface area contributed by atoms with E-state index < -0.39 is 0 Å². The molecule has 3 aromatic heterocycles. The van der Waals surface area contributed by atoms with Crippen molar-refractivity contribution < 1.29 is 0 Å². The second-order valence-corrected chi connectivity index (χ2v) is 7.70. The van der Waals surface area contributed by atoms with Gasteiger partial charge in [-0.3, -0.25) is 14.8 Å². The molecule has 0 fully saturated rings. The van der Waals surface area contributed by atoms with Crippen LogP contribution in [0, 0.1) is 0 Å². The minimum absolute atomic E-state index is 0.861. The largest absolute Gasteiger partial charge is 0.332 e. The highest BCUT2D eigenvalue weighted by molar-refractivity contribution is 7.09. The van der Waals surface area contributed by atoms with E-state index in [1.165, 1.54) is 16.3 Å². The first-order valence-electron chi connectivity index (χ1n) is 8.63. The van der Waals surface area contributed by atoms with E-state index in [1.54, 1.807) is 0 Å². The number of imidazole rings is 1. The standard InChI is InChI=1S/C19H23N5S/c1-22(11-16-4-2-6-20-10-16)12-17-13-24-8-7-23(15-19(24)21-17)14-18-5-3-9-25-18/h2-6,9-10,13H,7-8,11-12,14-15H2,1H3. The third-order valence-corrected chi connectivity index (χ3v) is 5.36. The molecule has 6 heteroatoms. The molecule has 0 bridgehead atoms. The van der Waals surface area contributed by atoms with Crippen molar-refractivity contribution in [3.8, 4) is 0 Å². The Hall–Kier alpha value is -2.02. The van der Waals surface area contributed by atoms with Gasteiger partial charge >= 0.3 is 0 Å². The Morgan fingerprint density at radius 2 is 2.16 bits per heavy atom. The van der Waals surface area contributed by atoms with Crippen LogP contribution in [-0.2, 0) is 32.7 Å². The zero-order chi connectivity index (χ0) is 17.1. The van der Waals surface area contributed by atoms with Gasteiger partial charge in [-0.05, 0) is 30.1 Å². The van der Waals surface area contributed by atoms with Gasteiger partial charge in [0.1, 0.15) is 5.82 Å². The summed E-state index contributed by atoms with van der Waals surface area (Å²) in [6.07, 6.45) is 5.96.